The zero-order valence-corrected chi connectivity index (χ0v) is 8.76. The predicted molar refractivity (Wildman–Crippen MR) is 55.7 cm³/mol. The minimum atomic E-state index is -3.34. The first-order chi connectivity index (χ1) is 6.08. The SMILES string of the molecule is C=C/C=C(\C=C/CC)S(=O)(=O)NC. The molecular formula is C9H15NO2S. The smallest absolute Gasteiger partial charge is 0.214 e. The molecule has 0 spiro atoms. The van der Waals surface area contributed by atoms with Crippen LogP contribution in [-0.2, 0) is 10.0 Å². The quantitative estimate of drug-likeness (QED) is 0.686. The third kappa shape index (κ3) is 4.05. The topological polar surface area (TPSA) is 46.2 Å². The summed E-state index contributed by atoms with van der Waals surface area (Å²) in [6.45, 7) is 5.39. The van der Waals surface area contributed by atoms with Crippen molar-refractivity contribution >= 4 is 10.0 Å². The summed E-state index contributed by atoms with van der Waals surface area (Å²) < 4.78 is 24.9. The largest absolute Gasteiger partial charge is 0.240 e. The molecule has 13 heavy (non-hydrogen) atoms. The molecule has 0 atom stereocenters. The molecule has 0 heterocycles. The van der Waals surface area contributed by atoms with Gasteiger partial charge in [-0.15, -0.1) is 0 Å². The molecule has 0 bridgehead atoms. The van der Waals surface area contributed by atoms with Gasteiger partial charge < -0.3 is 0 Å². The van der Waals surface area contributed by atoms with Gasteiger partial charge in [-0.2, -0.15) is 0 Å². The lowest BCUT2D eigenvalue weighted by Gasteiger charge is -2.01. The van der Waals surface area contributed by atoms with Crippen molar-refractivity contribution in [2.24, 2.45) is 0 Å². The Morgan fingerprint density at radius 1 is 1.54 bits per heavy atom. The third-order valence-electron chi connectivity index (χ3n) is 1.38. The highest BCUT2D eigenvalue weighted by atomic mass is 32.2. The fourth-order valence-electron chi connectivity index (χ4n) is 0.703. The number of hydrogen-bond acceptors (Lipinski definition) is 2. The number of nitrogens with one attached hydrogen (secondary N) is 1. The second kappa shape index (κ2) is 5.72. The Morgan fingerprint density at radius 2 is 2.15 bits per heavy atom. The number of rotatable bonds is 5. The van der Waals surface area contributed by atoms with E-state index in [1.807, 2.05) is 6.92 Å². The Balaban J connectivity index is 4.95. The minimum absolute atomic E-state index is 0.229. The van der Waals surface area contributed by atoms with Crippen LogP contribution in [0.25, 0.3) is 0 Å². The molecule has 0 saturated carbocycles. The summed E-state index contributed by atoms with van der Waals surface area (Å²) in [5, 5.41) is 0. The summed E-state index contributed by atoms with van der Waals surface area (Å²) in [6, 6.07) is 0. The Labute approximate surface area is 79.9 Å². The molecule has 0 fully saturated rings. The van der Waals surface area contributed by atoms with Crippen LogP contribution in [0.2, 0.25) is 0 Å². The molecule has 0 amide bonds. The van der Waals surface area contributed by atoms with Gasteiger partial charge in [0.1, 0.15) is 0 Å². The van der Waals surface area contributed by atoms with Crippen molar-refractivity contribution in [3.8, 4) is 0 Å². The van der Waals surface area contributed by atoms with Crippen LogP contribution < -0.4 is 4.72 Å². The highest BCUT2D eigenvalue weighted by molar-refractivity contribution is 7.93. The van der Waals surface area contributed by atoms with Crippen molar-refractivity contribution in [3.05, 3.63) is 35.8 Å². The van der Waals surface area contributed by atoms with Gasteiger partial charge in [0.25, 0.3) is 0 Å². The maximum absolute atomic E-state index is 11.3. The predicted octanol–water partition coefficient (Wildman–Crippen LogP) is 1.57. The first-order valence-corrected chi connectivity index (χ1v) is 5.49. The van der Waals surface area contributed by atoms with E-state index in [2.05, 4.69) is 11.3 Å². The lowest BCUT2D eigenvalue weighted by molar-refractivity contribution is 0.595. The van der Waals surface area contributed by atoms with Gasteiger partial charge in [-0.25, -0.2) is 13.1 Å². The first kappa shape index (κ1) is 12.1. The minimum Gasteiger partial charge on any atom is -0.214 e. The fourth-order valence-corrected chi connectivity index (χ4v) is 1.49. The van der Waals surface area contributed by atoms with E-state index in [0.717, 1.165) is 6.42 Å². The van der Waals surface area contributed by atoms with E-state index in [0.29, 0.717) is 0 Å². The van der Waals surface area contributed by atoms with Crippen LogP contribution in [0.4, 0.5) is 0 Å². The Kier molecular flexibility index (Phi) is 5.34. The van der Waals surface area contributed by atoms with E-state index in [-0.39, 0.29) is 4.91 Å². The third-order valence-corrected chi connectivity index (χ3v) is 2.81. The number of hydrogen-bond donors (Lipinski definition) is 1. The van der Waals surface area contributed by atoms with Crippen molar-refractivity contribution in [1.29, 1.82) is 0 Å². The van der Waals surface area contributed by atoms with E-state index in [1.54, 1.807) is 12.2 Å². The van der Waals surface area contributed by atoms with Crippen LogP contribution in [-0.4, -0.2) is 15.5 Å². The van der Waals surface area contributed by atoms with Crippen molar-refractivity contribution in [2.45, 2.75) is 13.3 Å². The summed E-state index contributed by atoms with van der Waals surface area (Å²) in [7, 11) is -1.96. The molecule has 74 valence electrons. The molecule has 0 aromatic heterocycles. The van der Waals surface area contributed by atoms with Gasteiger partial charge in [-0.3, -0.25) is 0 Å². The molecule has 0 rings (SSSR count). The van der Waals surface area contributed by atoms with Crippen LogP contribution in [0.1, 0.15) is 13.3 Å². The van der Waals surface area contributed by atoms with Gasteiger partial charge >= 0.3 is 0 Å². The Hall–Kier alpha value is -0.870. The zero-order chi connectivity index (χ0) is 10.3. The zero-order valence-electron chi connectivity index (χ0n) is 7.95. The number of sulfonamides is 1. The maximum atomic E-state index is 11.3. The van der Waals surface area contributed by atoms with Gasteiger partial charge in [0, 0.05) is 0 Å². The normalized spacial score (nSPS) is 13.5. The van der Waals surface area contributed by atoms with Gasteiger partial charge in [0.2, 0.25) is 10.0 Å². The van der Waals surface area contributed by atoms with Crippen LogP contribution >= 0.6 is 0 Å². The van der Waals surface area contributed by atoms with Crippen molar-refractivity contribution in [3.63, 3.8) is 0 Å². The lowest BCUT2D eigenvalue weighted by atomic mass is 10.4. The van der Waals surface area contributed by atoms with E-state index >= 15 is 0 Å². The fraction of sp³-hybridized carbons (Fsp3) is 0.333. The molecule has 3 nitrogen and oxygen atoms in total. The lowest BCUT2D eigenvalue weighted by Crippen LogP contribution is -2.19. The summed E-state index contributed by atoms with van der Waals surface area (Å²) in [4.78, 5) is 0.229. The van der Waals surface area contributed by atoms with Crippen molar-refractivity contribution < 1.29 is 8.42 Å². The van der Waals surface area contributed by atoms with E-state index in [4.69, 9.17) is 0 Å². The summed E-state index contributed by atoms with van der Waals surface area (Å²) in [6.07, 6.45) is 7.05. The average molecular weight is 201 g/mol. The summed E-state index contributed by atoms with van der Waals surface area (Å²) in [5.41, 5.74) is 0. The monoisotopic (exact) mass is 201 g/mol. The summed E-state index contributed by atoms with van der Waals surface area (Å²) in [5.74, 6) is 0. The first-order valence-electron chi connectivity index (χ1n) is 4.01. The highest BCUT2D eigenvalue weighted by Crippen LogP contribution is 2.06. The maximum Gasteiger partial charge on any atom is 0.240 e. The molecule has 0 saturated heterocycles. The van der Waals surface area contributed by atoms with Gasteiger partial charge in [0.15, 0.2) is 0 Å². The van der Waals surface area contributed by atoms with Crippen molar-refractivity contribution in [1.82, 2.24) is 4.72 Å². The molecule has 0 unspecified atom stereocenters. The molecule has 0 aromatic rings. The van der Waals surface area contributed by atoms with Gasteiger partial charge in [0.05, 0.1) is 4.91 Å². The molecule has 4 heteroatoms. The second-order valence-corrected chi connectivity index (χ2v) is 4.21. The van der Waals surface area contributed by atoms with Gasteiger partial charge in [-0.05, 0) is 25.6 Å². The molecule has 0 aromatic carbocycles. The van der Waals surface area contributed by atoms with Crippen LogP contribution in [0.3, 0.4) is 0 Å². The van der Waals surface area contributed by atoms with Crippen molar-refractivity contribution in [2.75, 3.05) is 7.05 Å². The van der Waals surface area contributed by atoms with E-state index in [1.165, 1.54) is 19.2 Å². The number of allylic oxidation sites excluding steroid dienone is 4. The van der Waals surface area contributed by atoms with Crippen LogP contribution in [0.15, 0.2) is 35.8 Å². The van der Waals surface area contributed by atoms with Gasteiger partial charge in [-0.1, -0.05) is 25.7 Å². The van der Waals surface area contributed by atoms with Crippen LogP contribution in [0, 0.1) is 0 Å². The Bertz CT molecular complexity index is 313. The molecule has 0 aliphatic carbocycles. The van der Waals surface area contributed by atoms with E-state index < -0.39 is 10.0 Å². The second-order valence-electron chi connectivity index (χ2n) is 2.32. The van der Waals surface area contributed by atoms with Crippen LogP contribution in [0.5, 0.6) is 0 Å². The van der Waals surface area contributed by atoms with E-state index in [9.17, 15) is 8.42 Å². The highest BCUT2D eigenvalue weighted by Gasteiger charge is 2.10. The molecule has 0 aliphatic rings. The standard InChI is InChI=1S/C9H15NO2S/c1-4-6-8-9(7-5-2)13(11,12)10-3/h5-8,10H,2,4H2,1,3H3/b8-6-,9-7+. The molecular weight excluding hydrogens is 186 g/mol. The molecule has 0 aliphatic heterocycles. The molecule has 0 radical (unpaired) electrons. The average Bonchev–Trinajstić information content (AvgIpc) is 2.12. The molecule has 1 N–H and O–H groups in total. The Morgan fingerprint density at radius 3 is 2.54 bits per heavy atom. The summed E-state index contributed by atoms with van der Waals surface area (Å²) >= 11 is 0.